The number of aliphatic carboxylic acids is 1. The van der Waals surface area contributed by atoms with Gasteiger partial charge in [0.1, 0.15) is 5.82 Å². The second kappa shape index (κ2) is 4.99. The van der Waals surface area contributed by atoms with Gasteiger partial charge in [0, 0.05) is 6.54 Å². The number of carboxylic acid groups (broad SMARTS) is 1. The highest BCUT2D eigenvalue weighted by Crippen LogP contribution is 2.40. The molecule has 0 atom stereocenters. The van der Waals surface area contributed by atoms with Gasteiger partial charge in [-0.3, -0.25) is 9.59 Å². The van der Waals surface area contributed by atoms with E-state index in [1.165, 1.54) is 12.1 Å². The number of hydrogen-bond acceptors (Lipinski definition) is 2. The maximum absolute atomic E-state index is 13.5. The van der Waals surface area contributed by atoms with Crippen LogP contribution in [-0.4, -0.2) is 23.5 Å². The van der Waals surface area contributed by atoms with E-state index in [2.05, 4.69) is 5.32 Å². The molecule has 0 aliphatic heterocycles. The summed E-state index contributed by atoms with van der Waals surface area (Å²) in [7, 11) is 0. The molecule has 1 amide bonds. The van der Waals surface area contributed by atoms with Gasteiger partial charge in [-0.15, -0.1) is 0 Å². The minimum absolute atomic E-state index is 0.0418. The van der Waals surface area contributed by atoms with E-state index in [0.29, 0.717) is 12.8 Å². The first-order valence-corrected chi connectivity index (χ1v) is 6.22. The Hall–Kier alpha value is -1.91. The standard InChI is InChI=1S/C14H16FNO3/c1-9-3-4-11(15)10(7-9)12(17)16-8-14(13(18)19)5-2-6-14/h3-4,7H,2,5-6,8H2,1H3,(H,16,17)(H,18,19). The van der Waals surface area contributed by atoms with Crippen molar-refractivity contribution in [3.05, 3.63) is 35.1 Å². The second-order valence-corrected chi connectivity index (χ2v) is 5.11. The molecule has 0 aromatic heterocycles. The number of rotatable bonds is 4. The number of carbonyl (C=O) groups excluding carboxylic acids is 1. The van der Waals surface area contributed by atoms with Crippen LogP contribution in [0.3, 0.4) is 0 Å². The van der Waals surface area contributed by atoms with E-state index in [4.69, 9.17) is 5.11 Å². The van der Waals surface area contributed by atoms with Crippen LogP contribution >= 0.6 is 0 Å². The summed E-state index contributed by atoms with van der Waals surface area (Å²) in [5.74, 6) is -2.06. The minimum Gasteiger partial charge on any atom is -0.481 e. The molecule has 0 spiro atoms. The van der Waals surface area contributed by atoms with Gasteiger partial charge >= 0.3 is 5.97 Å². The number of halogens is 1. The molecule has 0 radical (unpaired) electrons. The summed E-state index contributed by atoms with van der Waals surface area (Å²) in [6.07, 6.45) is 1.96. The van der Waals surface area contributed by atoms with Crippen LogP contribution in [0.5, 0.6) is 0 Å². The molecule has 0 saturated heterocycles. The zero-order valence-corrected chi connectivity index (χ0v) is 10.7. The van der Waals surface area contributed by atoms with Crippen molar-refractivity contribution in [3.63, 3.8) is 0 Å². The molecule has 0 heterocycles. The van der Waals surface area contributed by atoms with E-state index >= 15 is 0 Å². The smallest absolute Gasteiger partial charge is 0.311 e. The highest BCUT2D eigenvalue weighted by Gasteiger charge is 2.44. The van der Waals surface area contributed by atoms with Crippen molar-refractivity contribution < 1.29 is 19.1 Å². The average molecular weight is 265 g/mol. The Labute approximate surface area is 110 Å². The summed E-state index contributed by atoms with van der Waals surface area (Å²) in [4.78, 5) is 23.0. The first-order chi connectivity index (χ1) is 8.94. The number of carbonyl (C=O) groups is 2. The van der Waals surface area contributed by atoms with Crippen molar-refractivity contribution in [3.8, 4) is 0 Å². The number of amides is 1. The third-order valence-corrected chi connectivity index (χ3v) is 3.72. The normalized spacial score (nSPS) is 16.5. The Morgan fingerprint density at radius 3 is 2.63 bits per heavy atom. The zero-order chi connectivity index (χ0) is 14.0. The highest BCUT2D eigenvalue weighted by atomic mass is 19.1. The van der Waals surface area contributed by atoms with Crippen molar-refractivity contribution in [2.45, 2.75) is 26.2 Å². The lowest BCUT2D eigenvalue weighted by molar-refractivity contribution is -0.153. The van der Waals surface area contributed by atoms with Gasteiger partial charge < -0.3 is 10.4 Å². The van der Waals surface area contributed by atoms with Gasteiger partial charge in [0.25, 0.3) is 5.91 Å². The predicted molar refractivity (Wildman–Crippen MR) is 67.4 cm³/mol. The van der Waals surface area contributed by atoms with Gasteiger partial charge in [-0.25, -0.2) is 4.39 Å². The molecule has 19 heavy (non-hydrogen) atoms. The summed E-state index contributed by atoms with van der Waals surface area (Å²) in [5, 5.41) is 11.7. The Morgan fingerprint density at radius 2 is 2.11 bits per heavy atom. The summed E-state index contributed by atoms with van der Waals surface area (Å²) in [5.41, 5.74) is -0.126. The van der Waals surface area contributed by atoms with Gasteiger partial charge in [-0.05, 0) is 31.9 Å². The topological polar surface area (TPSA) is 66.4 Å². The SMILES string of the molecule is Cc1ccc(F)c(C(=O)NCC2(C(=O)O)CCC2)c1. The van der Waals surface area contributed by atoms with Crippen molar-refractivity contribution in [1.82, 2.24) is 5.32 Å². The molecule has 0 bridgehead atoms. The lowest BCUT2D eigenvalue weighted by atomic mass is 9.69. The molecule has 2 N–H and O–H groups in total. The lowest BCUT2D eigenvalue weighted by Gasteiger charge is -2.37. The van der Waals surface area contributed by atoms with Crippen LogP contribution in [0.15, 0.2) is 18.2 Å². The van der Waals surface area contributed by atoms with E-state index in [1.54, 1.807) is 13.0 Å². The summed E-state index contributed by atoms with van der Waals surface area (Å²) in [6, 6.07) is 4.27. The Balaban J connectivity index is 2.05. The quantitative estimate of drug-likeness (QED) is 0.876. The molecular formula is C14H16FNO3. The van der Waals surface area contributed by atoms with Crippen molar-refractivity contribution in [2.75, 3.05) is 6.54 Å². The van der Waals surface area contributed by atoms with E-state index < -0.39 is 23.1 Å². The fourth-order valence-corrected chi connectivity index (χ4v) is 2.23. The molecule has 4 nitrogen and oxygen atoms in total. The van der Waals surface area contributed by atoms with E-state index in [0.717, 1.165) is 12.0 Å². The van der Waals surface area contributed by atoms with Crippen molar-refractivity contribution >= 4 is 11.9 Å². The fourth-order valence-electron chi connectivity index (χ4n) is 2.23. The lowest BCUT2D eigenvalue weighted by Crippen LogP contribution is -2.47. The van der Waals surface area contributed by atoms with Crippen molar-refractivity contribution in [2.24, 2.45) is 5.41 Å². The summed E-state index contributed by atoms with van der Waals surface area (Å²) >= 11 is 0. The number of nitrogens with one attached hydrogen (secondary N) is 1. The number of aryl methyl sites for hydroxylation is 1. The van der Waals surface area contributed by atoms with Crippen LogP contribution < -0.4 is 5.32 Å². The van der Waals surface area contributed by atoms with Crippen LogP contribution in [0.2, 0.25) is 0 Å². The molecule has 0 unspecified atom stereocenters. The van der Waals surface area contributed by atoms with Gasteiger partial charge in [-0.2, -0.15) is 0 Å². The Kier molecular flexibility index (Phi) is 3.55. The largest absolute Gasteiger partial charge is 0.481 e. The maximum Gasteiger partial charge on any atom is 0.311 e. The number of benzene rings is 1. The van der Waals surface area contributed by atoms with Crippen LogP contribution in [-0.2, 0) is 4.79 Å². The van der Waals surface area contributed by atoms with Crippen molar-refractivity contribution in [1.29, 1.82) is 0 Å². The average Bonchev–Trinajstić information content (AvgIpc) is 2.30. The third-order valence-electron chi connectivity index (χ3n) is 3.72. The maximum atomic E-state index is 13.5. The van der Waals surface area contributed by atoms with E-state index in [9.17, 15) is 14.0 Å². The molecule has 1 aliphatic carbocycles. The first kappa shape index (κ1) is 13.5. The molecule has 1 aromatic rings. The molecule has 5 heteroatoms. The molecule has 1 aliphatic rings. The zero-order valence-electron chi connectivity index (χ0n) is 10.7. The van der Waals surface area contributed by atoms with E-state index in [-0.39, 0.29) is 12.1 Å². The molecule has 1 aromatic carbocycles. The minimum atomic E-state index is -0.899. The fraction of sp³-hybridized carbons (Fsp3) is 0.429. The molecule has 102 valence electrons. The third kappa shape index (κ3) is 2.59. The highest BCUT2D eigenvalue weighted by molar-refractivity contribution is 5.95. The summed E-state index contributed by atoms with van der Waals surface area (Å²) < 4.78 is 13.5. The second-order valence-electron chi connectivity index (χ2n) is 5.11. The van der Waals surface area contributed by atoms with E-state index in [1.807, 2.05) is 0 Å². The Bertz CT molecular complexity index is 523. The van der Waals surface area contributed by atoms with Gasteiger partial charge in [0.2, 0.25) is 0 Å². The predicted octanol–water partition coefficient (Wildman–Crippen LogP) is 2.12. The number of hydrogen-bond donors (Lipinski definition) is 2. The van der Waals surface area contributed by atoms with Crippen LogP contribution in [0.25, 0.3) is 0 Å². The van der Waals surface area contributed by atoms with Gasteiger partial charge in [0.15, 0.2) is 0 Å². The van der Waals surface area contributed by atoms with Crippen LogP contribution in [0, 0.1) is 18.2 Å². The molecule has 1 saturated carbocycles. The van der Waals surface area contributed by atoms with Crippen LogP contribution in [0.1, 0.15) is 35.2 Å². The van der Waals surface area contributed by atoms with Crippen LogP contribution in [0.4, 0.5) is 4.39 Å². The first-order valence-electron chi connectivity index (χ1n) is 6.22. The number of carboxylic acids is 1. The molecular weight excluding hydrogens is 249 g/mol. The monoisotopic (exact) mass is 265 g/mol. The molecule has 2 rings (SSSR count). The summed E-state index contributed by atoms with van der Waals surface area (Å²) in [6.45, 7) is 1.81. The Morgan fingerprint density at radius 1 is 1.42 bits per heavy atom. The molecule has 1 fully saturated rings. The van der Waals surface area contributed by atoms with Gasteiger partial charge in [-0.1, -0.05) is 18.1 Å². The van der Waals surface area contributed by atoms with Gasteiger partial charge in [0.05, 0.1) is 11.0 Å².